The number of hydrogen-bond donors (Lipinski definition) is 0. The second-order valence-corrected chi connectivity index (χ2v) is 4.48. The fourth-order valence-corrected chi connectivity index (χ4v) is 1.73. The summed E-state index contributed by atoms with van der Waals surface area (Å²) < 4.78 is 13.1. The second-order valence-electron chi connectivity index (χ2n) is 4.48. The number of nitrogens with zero attached hydrogens (tertiary/aromatic N) is 3. The van der Waals surface area contributed by atoms with Crippen LogP contribution in [-0.4, -0.2) is 38.0 Å². The summed E-state index contributed by atoms with van der Waals surface area (Å²) in [6, 6.07) is 6.02. The molecular weight excluding hydrogens is 245 g/mol. The van der Waals surface area contributed by atoms with Crippen LogP contribution in [0.5, 0.6) is 0 Å². The Kier molecular flexibility index (Phi) is 5.31. The van der Waals surface area contributed by atoms with Crippen molar-refractivity contribution < 1.29 is 9.18 Å². The van der Waals surface area contributed by atoms with Crippen LogP contribution < -0.4 is 4.90 Å². The number of carbonyl (C=O) groups is 1. The number of benzene rings is 1. The molecule has 1 rings (SSSR count). The van der Waals surface area contributed by atoms with Gasteiger partial charge in [0.2, 0.25) is 5.91 Å². The van der Waals surface area contributed by atoms with Gasteiger partial charge in [-0.1, -0.05) is 6.92 Å². The fourth-order valence-electron chi connectivity index (χ4n) is 1.73. The lowest BCUT2D eigenvalue weighted by molar-refractivity contribution is -0.127. The molecule has 0 radical (unpaired) electrons. The maximum atomic E-state index is 13.1. The van der Waals surface area contributed by atoms with E-state index in [1.807, 2.05) is 13.0 Å². The Hall–Kier alpha value is -2.09. The lowest BCUT2D eigenvalue weighted by atomic mass is 10.1. The predicted octanol–water partition coefficient (Wildman–Crippen LogP) is 2.00. The summed E-state index contributed by atoms with van der Waals surface area (Å²) in [6.07, 6.45) is 0.836. The van der Waals surface area contributed by atoms with Gasteiger partial charge in [-0.05, 0) is 24.6 Å². The lowest BCUT2D eigenvalue weighted by Gasteiger charge is -2.26. The first-order valence-corrected chi connectivity index (χ1v) is 6.14. The predicted molar refractivity (Wildman–Crippen MR) is 72.3 cm³/mol. The van der Waals surface area contributed by atoms with E-state index in [1.165, 1.54) is 17.0 Å². The van der Waals surface area contributed by atoms with Crippen molar-refractivity contribution in [3.8, 4) is 6.07 Å². The molecule has 0 N–H and O–H groups in total. The number of carbonyl (C=O) groups excluding carboxylic acids is 1. The van der Waals surface area contributed by atoms with E-state index in [0.717, 1.165) is 6.42 Å². The summed E-state index contributed by atoms with van der Waals surface area (Å²) in [5.41, 5.74) is 0.848. The minimum absolute atomic E-state index is 0.0540. The third-order valence-corrected chi connectivity index (χ3v) is 2.74. The molecule has 1 aromatic rings. The number of anilines is 1. The van der Waals surface area contributed by atoms with E-state index in [2.05, 4.69) is 0 Å². The minimum atomic E-state index is -0.448. The molecule has 0 saturated heterocycles. The number of amides is 1. The zero-order valence-electron chi connectivity index (χ0n) is 11.5. The van der Waals surface area contributed by atoms with Crippen molar-refractivity contribution in [2.45, 2.75) is 13.3 Å². The van der Waals surface area contributed by atoms with Gasteiger partial charge in [-0.3, -0.25) is 4.79 Å². The van der Waals surface area contributed by atoms with Gasteiger partial charge in [0.1, 0.15) is 11.9 Å². The summed E-state index contributed by atoms with van der Waals surface area (Å²) in [5, 5.41) is 9.06. The van der Waals surface area contributed by atoms with E-state index in [0.29, 0.717) is 12.2 Å². The molecule has 0 spiro atoms. The van der Waals surface area contributed by atoms with E-state index in [-0.39, 0.29) is 18.0 Å². The SMILES string of the molecule is CCCN(CC(=O)N(C)C)c1ccc(F)cc1C#N. The molecule has 0 fully saturated rings. The molecule has 0 aliphatic heterocycles. The molecule has 0 bridgehead atoms. The van der Waals surface area contributed by atoms with E-state index in [4.69, 9.17) is 5.26 Å². The van der Waals surface area contributed by atoms with Crippen LogP contribution in [0.3, 0.4) is 0 Å². The summed E-state index contributed by atoms with van der Waals surface area (Å²) in [6.45, 7) is 2.81. The van der Waals surface area contributed by atoms with Gasteiger partial charge in [-0.15, -0.1) is 0 Å². The Morgan fingerprint density at radius 2 is 2.11 bits per heavy atom. The minimum Gasteiger partial charge on any atom is -0.361 e. The zero-order chi connectivity index (χ0) is 14.4. The molecule has 4 nitrogen and oxygen atoms in total. The van der Waals surface area contributed by atoms with Crippen LogP contribution in [0.15, 0.2) is 18.2 Å². The van der Waals surface area contributed by atoms with Gasteiger partial charge in [0, 0.05) is 20.6 Å². The third-order valence-electron chi connectivity index (χ3n) is 2.74. The Bertz CT molecular complexity index is 494. The molecule has 0 heterocycles. The van der Waals surface area contributed by atoms with Gasteiger partial charge in [-0.25, -0.2) is 4.39 Å². The van der Waals surface area contributed by atoms with Gasteiger partial charge < -0.3 is 9.80 Å². The van der Waals surface area contributed by atoms with Crippen LogP contribution in [0.25, 0.3) is 0 Å². The first kappa shape index (κ1) is 15.0. The second kappa shape index (κ2) is 6.74. The van der Waals surface area contributed by atoms with Crippen molar-refractivity contribution in [3.05, 3.63) is 29.6 Å². The van der Waals surface area contributed by atoms with E-state index in [9.17, 15) is 9.18 Å². The van der Waals surface area contributed by atoms with Crippen LogP contribution in [0.2, 0.25) is 0 Å². The molecule has 1 amide bonds. The highest BCUT2D eigenvalue weighted by atomic mass is 19.1. The van der Waals surface area contributed by atoms with Crippen molar-refractivity contribution in [2.24, 2.45) is 0 Å². The number of rotatable bonds is 5. The van der Waals surface area contributed by atoms with Gasteiger partial charge in [0.05, 0.1) is 17.8 Å². The Morgan fingerprint density at radius 1 is 1.42 bits per heavy atom. The Balaban J connectivity index is 3.05. The summed E-state index contributed by atoms with van der Waals surface area (Å²) >= 11 is 0. The number of nitriles is 1. The molecule has 19 heavy (non-hydrogen) atoms. The van der Waals surface area contributed by atoms with Crippen LogP contribution in [0.4, 0.5) is 10.1 Å². The Labute approximate surface area is 113 Å². The van der Waals surface area contributed by atoms with Crippen molar-refractivity contribution in [2.75, 3.05) is 32.1 Å². The highest BCUT2D eigenvalue weighted by molar-refractivity contribution is 5.81. The first-order valence-electron chi connectivity index (χ1n) is 6.14. The molecule has 0 aliphatic rings. The molecule has 1 aromatic carbocycles. The number of likely N-dealkylation sites (N-methyl/N-ethyl adjacent to an activating group) is 1. The summed E-state index contributed by atoms with van der Waals surface area (Å²) in [5.74, 6) is -0.502. The molecule has 0 atom stereocenters. The average Bonchev–Trinajstić information content (AvgIpc) is 2.37. The molecular formula is C14H18FN3O. The highest BCUT2D eigenvalue weighted by Gasteiger charge is 2.16. The third kappa shape index (κ3) is 3.95. The monoisotopic (exact) mass is 263 g/mol. The standard InChI is InChI=1S/C14H18FN3O/c1-4-7-18(10-14(19)17(2)3)13-6-5-12(15)8-11(13)9-16/h5-6,8H,4,7,10H2,1-3H3. The molecule has 0 saturated carbocycles. The van der Waals surface area contributed by atoms with Gasteiger partial charge in [0.25, 0.3) is 0 Å². The van der Waals surface area contributed by atoms with Crippen molar-refractivity contribution in [3.63, 3.8) is 0 Å². The first-order chi connectivity index (χ1) is 8.99. The van der Waals surface area contributed by atoms with Crippen molar-refractivity contribution in [1.29, 1.82) is 5.26 Å². The molecule has 0 aliphatic carbocycles. The van der Waals surface area contributed by atoms with E-state index >= 15 is 0 Å². The fraction of sp³-hybridized carbons (Fsp3) is 0.429. The number of hydrogen-bond acceptors (Lipinski definition) is 3. The number of halogens is 1. The highest BCUT2D eigenvalue weighted by Crippen LogP contribution is 2.21. The maximum Gasteiger partial charge on any atom is 0.241 e. The lowest BCUT2D eigenvalue weighted by Crippen LogP contribution is -2.37. The molecule has 0 aromatic heterocycles. The molecule has 0 unspecified atom stereocenters. The summed E-state index contributed by atoms with van der Waals surface area (Å²) in [7, 11) is 3.37. The maximum absolute atomic E-state index is 13.1. The largest absolute Gasteiger partial charge is 0.361 e. The van der Waals surface area contributed by atoms with Crippen molar-refractivity contribution in [1.82, 2.24) is 4.90 Å². The molecule has 102 valence electrons. The van der Waals surface area contributed by atoms with Crippen LogP contribution in [0.1, 0.15) is 18.9 Å². The quantitative estimate of drug-likeness (QED) is 0.816. The molecule has 5 heteroatoms. The van der Waals surface area contributed by atoms with Crippen LogP contribution >= 0.6 is 0 Å². The van der Waals surface area contributed by atoms with Gasteiger partial charge in [0.15, 0.2) is 0 Å². The van der Waals surface area contributed by atoms with Gasteiger partial charge >= 0.3 is 0 Å². The summed E-state index contributed by atoms with van der Waals surface area (Å²) in [4.78, 5) is 15.1. The smallest absolute Gasteiger partial charge is 0.241 e. The average molecular weight is 263 g/mol. The normalized spacial score (nSPS) is 9.84. The van der Waals surface area contributed by atoms with Crippen LogP contribution in [0, 0.1) is 17.1 Å². The van der Waals surface area contributed by atoms with Crippen molar-refractivity contribution >= 4 is 11.6 Å². The van der Waals surface area contributed by atoms with E-state index in [1.54, 1.807) is 25.1 Å². The zero-order valence-corrected chi connectivity index (χ0v) is 11.5. The topological polar surface area (TPSA) is 47.3 Å². The van der Waals surface area contributed by atoms with E-state index < -0.39 is 5.82 Å². The van der Waals surface area contributed by atoms with Crippen LogP contribution in [-0.2, 0) is 4.79 Å². The van der Waals surface area contributed by atoms with Gasteiger partial charge in [-0.2, -0.15) is 5.26 Å². The Morgan fingerprint density at radius 3 is 2.63 bits per heavy atom.